The molecule has 1 aliphatic rings. The maximum atomic E-state index is 12.8. The lowest BCUT2D eigenvalue weighted by atomic mass is 9.94. The van der Waals surface area contributed by atoms with Crippen LogP contribution in [-0.2, 0) is 6.54 Å². The van der Waals surface area contributed by atoms with Gasteiger partial charge in [0.15, 0.2) is 5.69 Å². The predicted octanol–water partition coefficient (Wildman–Crippen LogP) is 1.47. The van der Waals surface area contributed by atoms with Crippen LogP contribution in [0.25, 0.3) is 5.82 Å². The van der Waals surface area contributed by atoms with Crippen LogP contribution in [0.2, 0.25) is 0 Å². The van der Waals surface area contributed by atoms with Gasteiger partial charge in [-0.25, -0.2) is 10.1 Å². The molecule has 1 aliphatic carbocycles. The maximum Gasteiger partial charge on any atom is 0.293 e. The average molecular weight is 439 g/mol. The molecule has 12 nitrogen and oxygen atoms in total. The molecular weight excluding hydrogens is 414 g/mol. The summed E-state index contributed by atoms with van der Waals surface area (Å²) in [4.78, 5) is 15.0. The minimum Gasteiger partial charge on any atom is -0.508 e. The maximum absolute atomic E-state index is 12.8. The SMILES string of the molecule is CN(Cc1c(C(=O)NN=Cc2ccc(O)cc2)nnn1-c1nonc1N)C1CCCCC1. The Morgan fingerprint density at radius 2 is 2.06 bits per heavy atom. The largest absolute Gasteiger partial charge is 0.508 e. The van der Waals surface area contributed by atoms with Crippen LogP contribution in [0, 0.1) is 0 Å². The minimum atomic E-state index is -0.520. The molecule has 32 heavy (non-hydrogen) atoms. The number of benzene rings is 1. The Morgan fingerprint density at radius 1 is 1.31 bits per heavy atom. The van der Waals surface area contributed by atoms with Crippen LogP contribution < -0.4 is 11.2 Å². The fourth-order valence-electron chi connectivity index (χ4n) is 3.79. The Morgan fingerprint density at radius 3 is 2.75 bits per heavy atom. The molecule has 0 radical (unpaired) electrons. The van der Waals surface area contributed by atoms with Crippen LogP contribution in [0.15, 0.2) is 34.0 Å². The molecular formula is C20H25N9O3. The highest BCUT2D eigenvalue weighted by molar-refractivity contribution is 5.94. The molecule has 4 N–H and O–H groups in total. The molecule has 0 unspecified atom stereocenters. The van der Waals surface area contributed by atoms with Crippen LogP contribution in [0.1, 0.15) is 53.8 Å². The number of aromatic hydroxyl groups is 1. The number of nitrogens with zero attached hydrogens (tertiary/aromatic N) is 7. The molecule has 0 spiro atoms. The summed E-state index contributed by atoms with van der Waals surface area (Å²) in [5.41, 5.74) is 9.65. The fourth-order valence-corrected chi connectivity index (χ4v) is 3.79. The van der Waals surface area contributed by atoms with Crippen molar-refractivity contribution in [3.05, 3.63) is 41.2 Å². The van der Waals surface area contributed by atoms with Crippen molar-refractivity contribution in [1.82, 2.24) is 35.6 Å². The van der Waals surface area contributed by atoms with E-state index in [0.29, 0.717) is 23.8 Å². The van der Waals surface area contributed by atoms with Gasteiger partial charge in [0.25, 0.3) is 5.91 Å². The van der Waals surface area contributed by atoms with Gasteiger partial charge in [-0.1, -0.05) is 24.5 Å². The highest BCUT2D eigenvalue weighted by atomic mass is 16.6. The number of phenolic OH excluding ortho intramolecular Hbond substituents is 1. The lowest BCUT2D eigenvalue weighted by molar-refractivity contribution is 0.0947. The molecule has 0 saturated heterocycles. The second-order valence-electron chi connectivity index (χ2n) is 7.77. The van der Waals surface area contributed by atoms with E-state index in [9.17, 15) is 9.90 Å². The third-order valence-electron chi connectivity index (χ3n) is 5.54. The number of anilines is 1. The Balaban J connectivity index is 1.56. The highest BCUT2D eigenvalue weighted by Crippen LogP contribution is 2.24. The molecule has 0 bridgehead atoms. The molecule has 168 valence electrons. The van der Waals surface area contributed by atoms with E-state index >= 15 is 0 Å². The number of rotatable bonds is 7. The number of amides is 1. The smallest absolute Gasteiger partial charge is 0.293 e. The van der Waals surface area contributed by atoms with E-state index in [2.05, 4.69) is 36.1 Å². The molecule has 4 rings (SSSR count). The zero-order chi connectivity index (χ0) is 22.5. The number of hydrogen-bond acceptors (Lipinski definition) is 10. The Kier molecular flexibility index (Phi) is 6.40. The molecule has 1 fully saturated rings. The molecule has 12 heteroatoms. The summed E-state index contributed by atoms with van der Waals surface area (Å²) < 4.78 is 6.08. The molecule has 1 amide bonds. The number of hydrazone groups is 1. The van der Waals surface area contributed by atoms with E-state index in [1.54, 1.807) is 12.1 Å². The zero-order valence-electron chi connectivity index (χ0n) is 17.7. The summed E-state index contributed by atoms with van der Waals surface area (Å²) in [6, 6.07) is 6.82. The van der Waals surface area contributed by atoms with E-state index in [4.69, 9.17) is 10.4 Å². The van der Waals surface area contributed by atoms with Gasteiger partial charge in [-0.15, -0.1) is 5.10 Å². The summed E-state index contributed by atoms with van der Waals surface area (Å²) >= 11 is 0. The molecule has 1 saturated carbocycles. The second-order valence-corrected chi connectivity index (χ2v) is 7.77. The van der Waals surface area contributed by atoms with Gasteiger partial charge >= 0.3 is 0 Å². The van der Waals surface area contributed by atoms with Crippen molar-refractivity contribution in [3.8, 4) is 11.6 Å². The number of phenols is 1. The highest BCUT2D eigenvalue weighted by Gasteiger charge is 2.27. The van der Waals surface area contributed by atoms with Gasteiger partial charge in [0.1, 0.15) is 5.75 Å². The number of nitrogen functional groups attached to an aromatic ring is 1. The average Bonchev–Trinajstić information content (AvgIpc) is 3.41. The molecule has 0 atom stereocenters. The first-order valence-corrected chi connectivity index (χ1v) is 10.4. The van der Waals surface area contributed by atoms with Crippen molar-refractivity contribution in [2.24, 2.45) is 5.10 Å². The van der Waals surface area contributed by atoms with E-state index in [-0.39, 0.29) is 23.1 Å². The van der Waals surface area contributed by atoms with Gasteiger partial charge in [-0.05, 0) is 60.0 Å². The standard InChI is InChI=1S/C20H25N9O3/c1-28(14-5-3-2-4-6-14)12-16-17(23-27-29(16)19-18(21)25-32-26-19)20(31)24-22-11-13-7-9-15(30)10-8-13/h7-11,14,30H,2-6,12H2,1H3,(H2,21,25)(H,24,31). The normalized spacial score (nSPS) is 14.9. The van der Waals surface area contributed by atoms with Crippen LogP contribution >= 0.6 is 0 Å². The van der Waals surface area contributed by atoms with Crippen LogP contribution in [0.5, 0.6) is 5.75 Å². The number of hydrogen-bond donors (Lipinski definition) is 3. The summed E-state index contributed by atoms with van der Waals surface area (Å²) in [6.45, 7) is 0.411. The minimum absolute atomic E-state index is 0.0498. The van der Waals surface area contributed by atoms with Gasteiger partial charge in [0, 0.05) is 12.6 Å². The third-order valence-corrected chi connectivity index (χ3v) is 5.54. The first kappa shape index (κ1) is 21.4. The van der Waals surface area contributed by atoms with Crippen molar-refractivity contribution >= 4 is 17.9 Å². The van der Waals surface area contributed by atoms with Gasteiger partial charge in [0.05, 0.1) is 11.9 Å². The number of nitrogens with two attached hydrogens (primary N) is 1. The zero-order valence-corrected chi connectivity index (χ0v) is 17.7. The molecule has 2 heterocycles. The topological polar surface area (TPSA) is 161 Å². The first-order valence-electron chi connectivity index (χ1n) is 10.4. The van der Waals surface area contributed by atoms with Crippen molar-refractivity contribution in [2.45, 2.75) is 44.7 Å². The second kappa shape index (κ2) is 9.56. The van der Waals surface area contributed by atoms with E-state index in [0.717, 1.165) is 12.8 Å². The van der Waals surface area contributed by atoms with Crippen molar-refractivity contribution in [1.29, 1.82) is 0 Å². The van der Waals surface area contributed by atoms with Crippen molar-refractivity contribution in [3.63, 3.8) is 0 Å². The monoisotopic (exact) mass is 439 g/mol. The van der Waals surface area contributed by atoms with Gasteiger partial charge in [0.2, 0.25) is 11.6 Å². The summed E-state index contributed by atoms with van der Waals surface area (Å²) in [7, 11) is 2.02. The van der Waals surface area contributed by atoms with Crippen molar-refractivity contribution in [2.75, 3.05) is 12.8 Å². The fraction of sp³-hybridized carbons (Fsp3) is 0.400. The molecule has 1 aromatic carbocycles. The van der Waals surface area contributed by atoms with Gasteiger partial charge < -0.3 is 10.8 Å². The third kappa shape index (κ3) is 4.75. The van der Waals surface area contributed by atoms with Crippen LogP contribution in [0.4, 0.5) is 5.82 Å². The van der Waals surface area contributed by atoms with E-state index in [1.807, 2.05) is 7.05 Å². The predicted molar refractivity (Wildman–Crippen MR) is 115 cm³/mol. The van der Waals surface area contributed by atoms with E-state index < -0.39 is 5.91 Å². The lowest BCUT2D eigenvalue weighted by Gasteiger charge is -2.31. The van der Waals surface area contributed by atoms with E-state index in [1.165, 1.54) is 42.3 Å². The number of aromatic nitrogens is 5. The summed E-state index contributed by atoms with van der Waals surface area (Å²) in [5.74, 6) is -0.144. The molecule has 2 aromatic heterocycles. The van der Waals surface area contributed by atoms with Crippen LogP contribution in [-0.4, -0.2) is 60.5 Å². The Bertz CT molecular complexity index is 1080. The number of nitrogens with one attached hydrogen (secondary N) is 1. The van der Waals surface area contributed by atoms with Crippen LogP contribution in [0.3, 0.4) is 0 Å². The first-order chi connectivity index (χ1) is 15.5. The quantitative estimate of drug-likeness (QED) is 0.366. The number of carbonyl (C=O) groups excluding carboxylic acids is 1. The summed E-state index contributed by atoms with van der Waals surface area (Å²) in [6.07, 6.45) is 7.29. The lowest BCUT2D eigenvalue weighted by Crippen LogP contribution is -2.34. The molecule has 0 aliphatic heterocycles. The molecule has 3 aromatic rings. The number of carbonyl (C=O) groups is 1. The van der Waals surface area contributed by atoms with Gasteiger partial charge in [-0.2, -0.15) is 9.78 Å². The van der Waals surface area contributed by atoms with Gasteiger partial charge in [-0.3, -0.25) is 9.69 Å². The Hall–Kier alpha value is -3.80. The Labute approximate surface area is 184 Å². The summed E-state index contributed by atoms with van der Waals surface area (Å²) in [5, 5.41) is 28.8. The van der Waals surface area contributed by atoms with Crippen molar-refractivity contribution < 1.29 is 14.5 Å².